The summed E-state index contributed by atoms with van der Waals surface area (Å²) in [6, 6.07) is 5.39. The highest BCUT2D eigenvalue weighted by Crippen LogP contribution is 2.35. The molecule has 0 aliphatic carbocycles. The first-order valence-electron chi connectivity index (χ1n) is 6.41. The zero-order chi connectivity index (χ0) is 14.1. The molecule has 106 valence electrons. The molecule has 0 saturated heterocycles. The van der Waals surface area contributed by atoms with E-state index in [4.69, 9.17) is 19.9 Å². The van der Waals surface area contributed by atoms with Crippen LogP contribution in [0.2, 0.25) is 0 Å². The number of nitrogens with two attached hydrogens (primary N) is 1. The maximum atomic E-state index is 6.33. The van der Waals surface area contributed by atoms with Crippen LogP contribution in [0.5, 0.6) is 17.2 Å². The fourth-order valence-corrected chi connectivity index (χ4v) is 2.35. The zero-order valence-corrected chi connectivity index (χ0v) is 11.5. The summed E-state index contributed by atoms with van der Waals surface area (Å²) in [5, 5.41) is 4.18. The Morgan fingerprint density at radius 3 is 2.80 bits per heavy atom. The summed E-state index contributed by atoms with van der Waals surface area (Å²) in [6.45, 7) is 1.13. The second-order valence-corrected chi connectivity index (χ2v) is 4.60. The van der Waals surface area contributed by atoms with Crippen molar-refractivity contribution in [2.75, 3.05) is 20.3 Å². The van der Waals surface area contributed by atoms with Gasteiger partial charge in [-0.25, -0.2) is 0 Å². The number of hydrogen-bond donors (Lipinski definition) is 1. The first-order valence-corrected chi connectivity index (χ1v) is 6.41. The van der Waals surface area contributed by atoms with Crippen molar-refractivity contribution in [2.24, 2.45) is 12.8 Å². The molecule has 1 aliphatic heterocycles. The summed E-state index contributed by atoms with van der Waals surface area (Å²) in [5.41, 5.74) is 8.08. The van der Waals surface area contributed by atoms with E-state index in [-0.39, 0.29) is 6.04 Å². The molecule has 6 heteroatoms. The van der Waals surface area contributed by atoms with Crippen LogP contribution in [0, 0.1) is 0 Å². The van der Waals surface area contributed by atoms with Gasteiger partial charge >= 0.3 is 0 Å². The van der Waals surface area contributed by atoms with Gasteiger partial charge in [-0.1, -0.05) is 6.07 Å². The number of hydrogen-bond acceptors (Lipinski definition) is 5. The highest BCUT2D eigenvalue weighted by molar-refractivity contribution is 5.47. The Labute approximate surface area is 117 Å². The van der Waals surface area contributed by atoms with Crippen LogP contribution in [-0.4, -0.2) is 30.1 Å². The Morgan fingerprint density at radius 2 is 2.05 bits per heavy atom. The molecule has 20 heavy (non-hydrogen) atoms. The maximum absolute atomic E-state index is 6.33. The third kappa shape index (κ3) is 2.08. The Hall–Kier alpha value is -2.21. The van der Waals surface area contributed by atoms with Crippen molar-refractivity contribution in [1.82, 2.24) is 9.78 Å². The lowest BCUT2D eigenvalue weighted by Gasteiger charge is -2.21. The lowest BCUT2D eigenvalue weighted by molar-refractivity contribution is 0.171. The van der Waals surface area contributed by atoms with Crippen molar-refractivity contribution < 1.29 is 14.2 Å². The molecule has 0 spiro atoms. The van der Waals surface area contributed by atoms with Gasteiger partial charge in [-0.05, 0) is 17.7 Å². The van der Waals surface area contributed by atoms with Crippen molar-refractivity contribution in [3.63, 3.8) is 0 Å². The van der Waals surface area contributed by atoms with E-state index in [0.29, 0.717) is 19.0 Å². The number of benzene rings is 1. The Morgan fingerprint density at radius 1 is 1.30 bits per heavy atom. The van der Waals surface area contributed by atoms with E-state index in [1.165, 1.54) is 0 Å². The monoisotopic (exact) mass is 275 g/mol. The molecule has 2 N–H and O–H groups in total. The predicted molar refractivity (Wildman–Crippen MR) is 73.2 cm³/mol. The number of ether oxygens (including phenoxy) is 3. The summed E-state index contributed by atoms with van der Waals surface area (Å²) in [5.74, 6) is 2.16. The molecular formula is C14H17N3O3. The molecular weight excluding hydrogens is 258 g/mol. The summed E-state index contributed by atoms with van der Waals surface area (Å²) in [4.78, 5) is 0. The summed E-state index contributed by atoms with van der Waals surface area (Å²) >= 11 is 0. The Balaban J connectivity index is 1.97. The van der Waals surface area contributed by atoms with Gasteiger partial charge in [0.05, 0.1) is 19.3 Å². The molecule has 2 aromatic rings. The van der Waals surface area contributed by atoms with E-state index in [1.807, 2.05) is 25.2 Å². The summed E-state index contributed by atoms with van der Waals surface area (Å²) in [6.07, 6.45) is 1.66. The van der Waals surface area contributed by atoms with Crippen molar-refractivity contribution in [3.05, 3.63) is 35.7 Å². The van der Waals surface area contributed by atoms with Crippen molar-refractivity contribution in [1.29, 1.82) is 0 Å². The van der Waals surface area contributed by atoms with Crippen LogP contribution in [0.1, 0.15) is 17.3 Å². The lowest BCUT2D eigenvalue weighted by atomic mass is 10.0. The van der Waals surface area contributed by atoms with E-state index >= 15 is 0 Å². The molecule has 0 radical (unpaired) electrons. The largest absolute Gasteiger partial charge is 0.493 e. The Bertz CT molecular complexity index is 624. The van der Waals surface area contributed by atoms with Gasteiger partial charge in [0.2, 0.25) is 0 Å². The SMILES string of the molecule is COc1cnn(C)c1C(N)c1ccc2c(c1)OCCO2. The summed E-state index contributed by atoms with van der Waals surface area (Å²) in [7, 11) is 3.45. The van der Waals surface area contributed by atoms with E-state index < -0.39 is 0 Å². The lowest BCUT2D eigenvalue weighted by Crippen LogP contribution is -2.19. The normalized spacial score (nSPS) is 14.9. The highest BCUT2D eigenvalue weighted by atomic mass is 16.6. The van der Waals surface area contributed by atoms with Crippen LogP contribution in [0.3, 0.4) is 0 Å². The van der Waals surface area contributed by atoms with Crippen LogP contribution in [-0.2, 0) is 7.05 Å². The van der Waals surface area contributed by atoms with Gasteiger partial charge in [-0.3, -0.25) is 4.68 Å². The zero-order valence-electron chi connectivity index (χ0n) is 11.5. The second-order valence-electron chi connectivity index (χ2n) is 4.60. The minimum absolute atomic E-state index is 0.340. The van der Waals surface area contributed by atoms with Gasteiger partial charge in [-0.15, -0.1) is 0 Å². The van der Waals surface area contributed by atoms with Crippen LogP contribution in [0.25, 0.3) is 0 Å². The van der Waals surface area contributed by atoms with E-state index in [2.05, 4.69) is 5.10 Å². The molecule has 1 atom stereocenters. The van der Waals surface area contributed by atoms with Gasteiger partial charge in [-0.2, -0.15) is 5.10 Å². The minimum atomic E-state index is -0.340. The molecule has 0 amide bonds. The number of rotatable bonds is 3. The minimum Gasteiger partial charge on any atom is -0.493 e. The standard InChI is InChI=1S/C14H17N3O3/c1-17-14(12(18-2)8-16-17)13(15)9-3-4-10-11(7-9)20-6-5-19-10/h3-4,7-8,13H,5-6,15H2,1-2H3. The summed E-state index contributed by atoms with van der Waals surface area (Å²) < 4.78 is 18.1. The van der Waals surface area contributed by atoms with Gasteiger partial charge in [0.15, 0.2) is 17.2 Å². The smallest absolute Gasteiger partial charge is 0.161 e. The van der Waals surface area contributed by atoms with Crippen LogP contribution < -0.4 is 19.9 Å². The van der Waals surface area contributed by atoms with Crippen LogP contribution >= 0.6 is 0 Å². The second kappa shape index (κ2) is 5.05. The predicted octanol–water partition coefficient (Wildman–Crippen LogP) is 1.25. The Kier molecular flexibility index (Phi) is 3.23. The van der Waals surface area contributed by atoms with E-state index in [0.717, 1.165) is 22.8 Å². The number of aryl methyl sites for hydroxylation is 1. The first kappa shape index (κ1) is 12.8. The number of methoxy groups -OCH3 is 1. The molecule has 1 unspecified atom stereocenters. The number of aromatic nitrogens is 2. The average Bonchev–Trinajstić information content (AvgIpc) is 2.87. The van der Waals surface area contributed by atoms with Gasteiger partial charge in [0.25, 0.3) is 0 Å². The van der Waals surface area contributed by atoms with Gasteiger partial charge in [0.1, 0.15) is 18.9 Å². The maximum Gasteiger partial charge on any atom is 0.161 e. The quantitative estimate of drug-likeness (QED) is 0.912. The molecule has 3 rings (SSSR count). The number of nitrogens with zero attached hydrogens (tertiary/aromatic N) is 2. The fourth-order valence-electron chi connectivity index (χ4n) is 2.35. The van der Waals surface area contributed by atoms with E-state index in [1.54, 1.807) is 18.0 Å². The molecule has 1 aromatic carbocycles. The molecule has 6 nitrogen and oxygen atoms in total. The molecule has 2 heterocycles. The third-order valence-electron chi connectivity index (χ3n) is 3.39. The molecule has 1 aromatic heterocycles. The van der Waals surface area contributed by atoms with E-state index in [9.17, 15) is 0 Å². The topological polar surface area (TPSA) is 71.5 Å². The van der Waals surface area contributed by atoms with Crippen molar-refractivity contribution in [2.45, 2.75) is 6.04 Å². The highest BCUT2D eigenvalue weighted by Gasteiger charge is 2.21. The third-order valence-corrected chi connectivity index (χ3v) is 3.39. The van der Waals surface area contributed by atoms with Crippen molar-refractivity contribution >= 4 is 0 Å². The average molecular weight is 275 g/mol. The molecule has 0 bridgehead atoms. The van der Waals surface area contributed by atoms with Gasteiger partial charge < -0.3 is 19.9 Å². The molecule has 0 fully saturated rings. The number of fused-ring (bicyclic) bond motifs is 1. The fraction of sp³-hybridized carbons (Fsp3) is 0.357. The van der Waals surface area contributed by atoms with Crippen LogP contribution in [0.4, 0.5) is 0 Å². The first-order chi connectivity index (χ1) is 9.70. The van der Waals surface area contributed by atoms with Crippen molar-refractivity contribution in [3.8, 4) is 17.2 Å². The molecule has 0 saturated carbocycles. The van der Waals surface area contributed by atoms with Gasteiger partial charge in [0, 0.05) is 7.05 Å². The van der Waals surface area contributed by atoms with Crippen LogP contribution in [0.15, 0.2) is 24.4 Å². The molecule has 1 aliphatic rings.